The van der Waals surface area contributed by atoms with E-state index in [1.165, 1.54) is 29.4 Å². The minimum atomic E-state index is -0.332. The first-order valence-corrected chi connectivity index (χ1v) is 9.03. The van der Waals surface area contributed by atoms with Crippen molar-refractivity contribution >= 4 is 39.3 Å². The standard InChI is InChI=1S/C14H16N6O2S2/c1-5-22-13(21)10-8(4)9-11(23-10)15-6-16-12(9)24-14-17-18-19-20(14)7(2)3/h6-7H,5H2,1-4H3. The first-order valence-electron chi connectivity index (χ1n) is 7.39. The summed E-state index contributed by atoms with van der Waals surface area (Å²) in [5.74, 6) is -0.332. The van der Waals surface area contributed by atoms with Gasteiger partial charge in [0.05, 0.1) is 12.6 Å². The second kappa shape index (κ2) is 6.81. The number of thiophene rings is 1. The molecule has 10 heteroatoms. The van der Waals surface area contributed by atoms with Gasteiger partial charge in [-0.3, -0.25) is 0 Å². The van der Waals surface area contributed by atoms with E-state index in [0.29, 0.717) is 16.6 Å². The zero-order chi connectivity index (χ0) is 17.3. The molecule has 0 unspecified atom stereocenters. The van der Waals surface area contributed by atoms with Crippen LogP contribution >= 0.6 is 23.1 Å². The Morgan fingerprint density at radius 2 is 2.21 bits per heavy atom. The second-order valence-electron chi connectivity index (χ2n) is 5.24. The number of ether oxygens (including phenoxy) is 1. The summed E-state index contributed by atoms with van der Waals surface area (Å²) in [6, 6.07) is 0.137. The van der Waals surface area contributed by atoms with Gasteiger partial charge in [0.2, 0.25) is 5.16 Å². The number of hydrogen-bond donors (Lipinski definition) is 0. The zero-order valence-electron chi connectivity index (χ0n) is 13.7. The number of rotatable bonds is 5. The molecule has 126 valence electrons. The van der Waals surface area contributed by atoms with Crippen LogP contribution in [0.4, 0.5) is 0 Å². The van der Waals surface area contributed by atoms with E-state index in [1.54, 1.807) is 11.6 Å². The van der Waals surface area contributed by atoms with Crippen LogP contribution in [0, 0.1) is 6.92 Å². The monoisotopic (exact) mass is 364 g/mol. The van der Waals surface area contributed by atoms with Gasteiger partial charge in [-0.1, -0.05) is 0 Å². The molecule has 3 heterocycles. The fourth-order valence-corrected chi connectivity index (χ4v) is 4.32. The van der Waals surface area contributed by atoms with Crippen molar-refractivity contribution in [3.63, 3.8) is 0 Å². The van der Waals surface area contributed by atoms with Gasteiger partial charge in [-0.25, -0.2) is 19.4 Å². The van der Waals surface area contributed by atoms with Crippen LogP contribution in [0.1, 0.15) is 42.0 Å². The summed E-state index contributed by atoms with van der Waals surface area (Å²) in [7, 11) is 0. The van der Waals surface area contributed by atoms with Gasteiger partial charge in [0, 0.05) is 5.39 Å². The van der Waals surface area contributed by atoms with Crippen molar-refractivity contribution in [3.8, 4) is 0 Å². The molecular formula is C14H16N6O2S2. The molecule has 3 aromatic heterocycles. The summed E-state index contributed by atoms with van der Waals surface area (Å²) in [5.41, 5.74) is 0.820. The topological polar surface area (TPSA) is 95.7 Å². The molecule has 0 aliphatic carbocycles. The van der Waals surface area contributed by atoms with Crippen LogP contribution in [0.5, 0.6) is 0 Å². The van der Waals surface area contributed by atoms with E-state index in [4.69, 9.17) is 4.74 Å². The normalized spacial score (nSPS) is 11.4. The summed E-state index contributed by atoms with van der Waals surface area (Å²) >= 11 is 2.67. The van der Waals surface area contributed by atoms with Crippen molar-refractivity contribution in [3.05, 3.63) is 16.8 Å². The van der Waals surface area contributed by atoms with Crippen LogP contribution in [0.2, 0.25) is 0 Å². The van der Waals surface area contributed by atoms with Gasteiger partial charge < -0.3 is 4.74 Å². The van der Waals surface area contributed by atoms with Crippen LogP contribution in [-0.4, -0.2) is 42.8 Å². The van der Waals surface area contributed by atoms with Gasteiger partial charge in [0.25, 0.3) is 0 Å². The van der Waals surface area contributed by atoms with E-state index in [-0.39, 0.29) is 12.0 Å². The summed E-state index contributed by atoms with van der Waals surface area (Å²) in [6.45, 7) is 8.01. The lowest BCUT2D eigenvalue weighted by Gasteiger charge is -2.07. The predicted molar refractivity (Wildman–Crippen MR) is 90.4 cm³/mol. The molecule has 0 fully saturated rings. The first-order chi connectivity index (χ1) is 11.5. The molecule has 0 aliphatic rings. The molecule has 0 N–H and O–H groups in total. The van der Waals surface area contributed by atoms with Crippen molar-refractivity contribution in [1.82, 2.24) is 30.2 Å². The largest absolute Gasteiger partial charge is 0.462 e. The predicted octanol–water partition coefficient (Wildman–Crippen LogP) is 2.90. The maximum atomic E-state index is 12.1. The molecule has 24 heavy (non-hydrogen) atoms. The fourth-order valence-electron chi connectivity index (χ4n) is 2.17. The van der Waals surface area contributed by atoms with Gasteiger partial charge in [0.1, 0.15) is 21.1 Å². The molecule has 0 spiro atoms. The van der Waals surface area contributed by atoms with Crippen molar-refractivity contribution in [2.75, 3.05) is 6.61 Å². The number of aryl methyl sites for hydroxylation is 1. The Labute approximate surface area is 146 Å². The number of tetrazole rings is 1. The molecule has 0 saturated heterocycles. The third-order valence-corrected chi connectivity index (χ3v) is 5.43. The molecule has 0 bridgehead atoms. The highest BCUT2D eigenvalue weighted by Gasteiger charge is 2.22. The molecule has 0 aromatic carbocycles. The van der Waals surface area contributed by atoms with Crippen LogP contribution in [0.15, 0.2) is 16.5 Å². The molecule has 0 saturated carbocycles. The minimum absolute atomic E-state index is 0.137. The average Bonchev–Trinajstić information content (AvgIpc) is 3.13. The maximum absolute atomic E-state index is 12.1. The Balaban J connectivity index is 2.06. The van der Waals surface area contributed by atoms with E-state index in [2.05, 4.69) is 25.5 Å². The van der Waals surface area contributed by atoms with E-state index < -0.39 is 0 Å². The highest BCUT2D eigenvalue weighted by atomic mass is 32.2. The average molecular weight is 364 g/mol. The second-order valence-corrected chi connectivity index (χ2v) is 7.19. The molecule has 8 nitrogen and oxygen atoms in total. The van der Waals surface area contributed by atoms with E-state index in [1.807, 2.05) is 20.8 Å². The third-order valence-electron chi connectivity index (χ3n) is 3.29. The van der Waals surface area contributed by atoms with Crippen LogP contribution in [0.25, 0.3) is 10.2 Å². The summed E-state index contributed by atoms with van der Waals surface area (Å²) in [4.78, 5) is 22.0. The molecule has 0 atom stereocenters. The van der Waals surface area contributed by atoms with E-state index in [9.17, 15) is 4.79 Å². The Hall–Kier alpha value is -2.07. The van der Waals surface area contributed by atoms with Gasteiger partial charge in [-0.05, 0) is 55.4 Å². The van der Waals surface area contributed by atoms with Crippen LogP contribution in [0.3, 0.4) is 0 Å². The Morgan fingerprint density at radius 1 is 1.42 bits per heavy atom. The quantitative estimate of drug-likeness (QED) is 0.504. The Kier molecular flexibility index (Phi) is 4.76. The number of aromatic nitrogens is 6. The van der Waals surface area contributed by atoms with Crippen molar-refractivity contribution in [2.45, 2.75) is 43.9 Å². The molecule has 0 aliphatic heterocycles. The van der Waals surface area contributed by atoms with Crippen LogP contribution < -0.4 is 0 Å². The summed E-state index contributed by atoms with van der Waals surface area (Å²) < 4.78 is 6.84. The minimum Gasteiger partial charge on any atom is -0.462 e. The van der Waals surface area contributed by atoms with Crippen LogP contribution in [-0.2, 0) is 4.74 Å². The third kappa shape index (κ3) is 2.98. The Bertz CT molecular complexity index is 889. The SMILES string of the molecule is CCOC(=O)c1sc2ncnc(Sc3nnnn3C(C)C)c2c1C. The Morgan fingerprint density at radius 3 is 2.92 bits per heavy atom. The highest BCUT2D eigenvalue weighted by molar-refractivity contribution is 7.99. The summed E-state index contributed by atoms with van der Waals surface area (Å²) in [6.07, 6.45) is 1.49. The number of nitrogens with zero attached hydrogens (tertiary/aromatic N) is 6. The molecular weight excluding hydrogens is 348 g/mol. The lowest BCUT2D eigenvalue weighted by molar-refractivity contribution is 0.0531. The number of fused-ring (bicyclic) bond motifs is 1. The molecule has 0 radical (unpaired) electrons. The summed E-state index contributed by atoms with van der Waals surface area (Å²) in [5, 5.41) is 14.0. The van der Waals surface area contributed by atoms with E-state index in [0.717, 1.165) is 20.8 Å². The number of carbonyl (C=O) groups excluding carboxylic acids is 1. The number of esters is 1. The smallest absolute Gasteiger partial charge is 0.348 e. The zero-order valence-corrected chi connectivity index (χ0v) is 15.3. The molecule has 0 amide bonds. The number of carbonyl (C=O) groups is 1. The fraction of sp³-hybridized carbons (Fsp3) is 0.429. The molecule has 3 aromatic rings. The van der Waals surface area contributed by atoms with Gasteiger partial charge in [-0.2, -0.15) is 0 Å². The lowest BCUT2D eigenvalue weighted by atomic mass is 10.2. The van der Waals surface area contributed by atoms with Crippen molar-refractivity contribution < 1.29 is 9.53 Å². The maximum Gasteiger partial charge on any atom is 0.348 e. The van der Waals surface area contributed by atoms with Gasteiger partial charge in [0.15, 0.2) is 0 Å². The first kappa shape index (κ1) is 16.8. The van der Waals surface area contributed by atoms with Crippen molar-refractivity contribution in [1.29, 1.82) is 0 Å². The molecule has 3 rings (SSSR count). The van der Waals surface area contributed by atoms with Crippen molar-refractivity contribution in [2.24, 2.45) is 0 Å². The lowest BCUT2D eigenvalue weighted by Crippen LogP contribution is -2.05. The van der Waals surface area contributed by atoms with Gasteiger partial charge in [-0.15, -0.1) is 16.4 Å². The van der Waals surface area contributed by atoms with E-state index >= 15 is 0 Å². The number of hydrogen-bond acceptors (Lipinski definition) is 9. The highest BCUT2D eigenvalue weighted by Crippen LogP contribution is 2.37. The van der Waals surface area contributed by atoms with Gasteiger partial charge >= 0.3 is 5.97 Å².